The molecular weight excluding hydrogens is 466 g/mol. The minimum Gasteiger partial charge on any atom is -0.360 e. The highest BCUT2D eigenvalue weighted by molar-refractivity contribution is 9.10. The Morgan fingerprint density at radius 1 is 1.17 bits per heavy atom. The molecule has 1 fully saturated rings. The number of piperidine rings is 1. The lowest BCUT2D eigenvalue weighted by molar-refractivity contribution is 0.466. The molecule has 2 N–H and O–H groups in total. The first-order valence-electron chi connectivity index (χ1n) is 9.50. The summed E-state index contributed by atoms with van der Waals surface area (Å²) in [7, 11) is 0. The number of anilines is 2. The molecule has 0 atom stereocenters. The van der Waals surface area contributed by atoms with E-state index in [0.717, 1.165) is 52.7 Å². The van der Waals surface area contributed by atoms with Gasteiger partial charge in [-0.15, -0.1) is 16.9 Å². The first kappa shape index (κ1) is 20.4. The van der Waals surface area contributed by atoms with Crippen molar-refractivity contribution in [3.8, 4) is 0 Å². The zero-order valence-corrected chi connectivity index (χ0v) is 19.3. The van der Waals surface area contributed by atoms with Gasteiger partial charge in [0.15, 0.2) is 10.9 Å². The second kappa shape index (κ2) is 9.28. The van der Waals surface area contributed by atoms with Crippen LogP contribution in [0.3, 0.4) is 0 Å². The van der Waals surface area contributed by atoms with Gasteiger partial charge in [-0.1, -0.05) is 15.9 Å². The summed E-state index contributed by atoms with van der Waals surface area (Å²) in [6.45, 7) is 1.85. The number of rotatable bonds is 4. The molecule has 0 unspecified atom stereocenters. The first-order chi connectivity index (χ1) is 14.1. The molecule has 0 saturated carbocycles. The molecule has 3 aromatic rings. The molecule has 1 saturated heterocycles. The average molecular weight is 488 g/mol. The van der Waals surface area contributed by atoms with Crippen LogP contribution in [0.1, 0.15) is 12.8 Å². The summed E-state index contributed by atoms with van der Waals surface area (Å²) in [6, 6.07) is 14.9. The first-order valence-corrected chi connectivity index (χ1v) is 11.9. The Bertz CT molecular complexity index is 1000. The summed E-state index contributed by atoms with van der Waals surface area (Å²) < 4.78 is 1.05. The lowest BCUT2D eigenvalue weighted by Crippen LogP contribution is -2.46. The zero-order valence-electron chi connectivity index (χ0n) is 16.1. The highest BCUT2D eigenvalue weighted by Gasteiger charge is 2.22. The fourth-order valence-electron chi connectivity index (χ4n) is 3.54. The number of benzene rings is 2. The van der Waals surface area contributed by atoms with E-state index in [1.165, 1.54) is 4.90 Å². The highest BCUT2D eigenvalue weighted by atomic mass is 79.9. The second-order valence-corrected chi connectivity index (χ2v) is 9.19. The fraction of sp³-hybridized carbons (Fsp3) is 0.286. The summed E-state index contributed by atoms with van der Waals surface area (Å²) in [5, 5.41) is 18.3. The van der Waals surface area contributed by atoms with Gasteiger partial charge in [-0.2, -0.15) is 5.10 Å². The number of thioether (sulfide) groups is 1. The van der Waals surface area contributed by atoms with Crippen LogP contribution < -0.4 is 15.5 Å². The van der Waals surface area contributed by atoms with Crippen LogP contribution in [-0.4, -0.2) is 40.7 Å². The number of hydrogen-bond donors (Lipinski definition) is 2. The smallest absolute Gasteiger partial charge is 0.170 e. The maximum atomic E-state index is 5.51. The molecule has 8 heteroatoms. The molecule has 5 nitrogen and oxygen atoms in total. The standard InChI is InChI=1S/C21H22BrN5S2/c1-29-18-5-3-16(4-6-18)24-21(28)25-17-8-10-27(11-9-17)20-19-7-2-15(22)12-14(19)13-23-26-20/h2-7,12-13,17H,8-11H2,1H3,(H2,24,25,28). The van der Waals surface area contributed by atoms with Crippen LogP contribution >= 0.6 is 39.9 Å². The fourth-order valence-corrected chi connectivity index (χ4v) is 4.61. The van der Waals surface area contributed by atoms with Gasteiger partial charge in [0.05, 0.1) is 6.20 Å². The van der Waals surface area contributed by atoms with Gasteiger partial charge in [0.1, 0.15) is 0 Å². The Labute approximate surface area is 188 Å². The normalized spacial score (nSPS) is 14.8. The van der Waals surface area contributed by atoms with E-state index in [2.05, 4.69) is 90.4 Å². The molecule has 4 rings (SSSR count). The number of fused-ring (bicyclic) bond motifs is 1. The van der Waals surface area contributed by atoms with Crippen LogP contribution in [-0.2, 0) is 0 Å². The molecule has 0 aliphatic carbocycles. The van der Waals surface area contributed by atoms with Crippen LogP contribution in [0, 0.1) is 0 Å². The molecule has 0 radical (unpaired) electrons. The number of halogens is 1. The van der Waals surface area contributed by atoms with E-state index in [1.54, 1.807) is 11.8 Å². The van der Waals surface area contributed by atoms with E-state index in [9.17, 15) is 0 Å². The molecule has 2 aromatic carbocycles. The van der Waals surface area contributed by atoms with Crippen molar-refractivity contribution >= 4 is 67.3 Å². The van der Waals surface area contributed by atoms with Gasteiger partial charge >= 0.3 is 0 Å². The van der Waals surface area contributed by atoms with Crippen LogP contribution in [0.25, 0.3) is 10.8 Å². The van der Waals surface area contributed by atoms with Crippen molar-refractivity contribution in [2.45, 2.75) is 23.8 Å². The van der Waals surface area contributed by atoms with E-state index < -0.39 is 0 Å². The minimum absolute atomic E-state index is 0.355. The number of nitrogens with zero attached hydrogens (tertiary/aromatic N) is 3. The molecule has 0 bridgehead atoms. The van der Waals surface area contributed by atoms with Crippen LogP contribution in [0.15, 0.2) is 58.0 Å². The highest BCUT2D eigenvalue weighted by Crippen LogP contribution is 2.28. The lowest BCUT2D eigenvalue weighted by atomic mass is 10.0. The predicted molar refractivity (Wildman–Crippen MR) is 130 cm³/mol. The summed E-state index contributed by atoms with van der Waals surface area (Å²) in [5.41, 5.74) is 1.01. The quantitative estimate of drug-likeness (QED) is 0.393. The third-order valence-corrected chi connectivity index (χ3v) is 6.54. The second-order valence-electron chi connectivity index (χ2n) is 6.99. The van der Waals surface area contributed by atoms with Crippen molar-refractivity contribution in [3.63, 3.8) is 0 Å². The largest absolute Gasteiger partial charge is 0.360 e. The zero-order chi connectivity index (χ0) is 20.2. The van der Waals surface area contributed by atoms with Crippen molar-refractivity contribution in [1.29, 1.82) is 0 Å². The van der Waals surface area contributed by atoms with Gasteiger partial charge in [0.2, 0.25) is 0 Å². The molecule has 2 heterocycles. The number of hydrogen-bond acceptors (Lipinski definition) is 5. The van der Waals surface area contributed by atoms with Gasteiger partial charge < -0.3 is 15.5 Å². The maximum absolute atomic E-state index is 5.51. The van der Waals surface area contributed by atoms with E-state index >= 15 is 0 Å². The Morgan fingerprint density at radius 3 is 2.66 bits per heavy atom. The molecule has 0 amide bonds. The summed E-state index contributed by atoms with van der Waals surface area (Å²) in [6.07, 6.45) is 5.89. The van der Waals surface area contributed by atoms with Gasteiger partial charge in [0, 0.05) is 45.0 Å². The number of aromatic nitrogens is 2. The number of nitrogens with one attached hydrogen (secondary N) is 2. The SMILES string of the molecule is CSc1ccc(NC(=S)NC2CCN(c3nncc4cc(Br)ccc34)CC2)cc1. The number of thiocarbonyl (C=S) groups is 1. The average Bonchev–Trinajstić information content (AvgIpc) is 2.74. The van der Waals surface area contributed by atoms with E-state index in [1.807, 2.05) is 6.20 Å². The Hall–Kier alpha value is -1.90. The third-order valence-electron chi connectivity index (χ3n) is 5.08. The molecule has 1 aromatic heterocycles. The van der Waals surface area contributed by atoms with Crippen molar-refractivity contribution in [1.82, 2.24) is 15.5 Å². The summed E-state index contributed by atoms with van der Waals surface area (Å²) in [5.74, 6) is 0.961. The molecule has 0 spiro atoms. The van der Waals surface area contributed by atoms with Gasteiger partial charge in [-0.3, -0.25) is 0 Å². The van der Waals surface area contributed by atoms with E-state index in [4.69, 9.17) is 12.2 Å². The maximum Gasteiger partial charge on any atom is 0.170 e. The van der Waals surface area contributed by atoms with Crippen molar-refractivity contribution < 1.29 is 0 Å². The van der Waals surface area contributed by atoms with E-state index in [-0.39, 0.29) is 0 Å². The van der Waals surface area contributed by atoms with Crippen molar-refractivity contribution in [2.75, 3.05) is 29.6 Å². The minimum atomic E-state index is 0.355. The molecule has 150 valence electrons. The van der Waals surface area contributed by atoms with Crippen molar-refractivity contribution in [3.05, 3.63) is 53.1 Å². The Balaban J connectivity index is 1.34. The Morgan fingerprint density at radius 2 is 1.93 bits per heavy atom. The molecule has 1 aliphatic rings. The van der Waals surface area contributed by atoms with Gasteiger partial charge in [-0.05, 0) is 73.8 Å². The lowest BCUT2D eigenvalue weighted by Gasteiger charge is -2.34. The van der Waals surface area contributed by atoms with E-state index in [0.29, 0.717) is 11.2 Å². The topological polar surface area (TPSA) is 53.1 Å². The summed E-state index contributed by atoms with van der Waals surface area (Å²) in [4.78, 5) is 3.56. The predicted octanol–water partition coefficient (Wildman–Crippen LogP) is 5.07. The Kier molecular flexibility index (Phi) is 6.52. The van der Waals surface area contributed by atoms with Gasteiger partial charge in [-0.25, -0.2) is 0 Å². The third kappa shape index (κ3) is 4.99. The van der Waals surface area contributed by atoms with Crippen LogP contribution in [0.2, 0.25) is 0 Å². The monoisotopic (exact) mass is 487 g/mol. The molecule has 1 aliphatic heterocycles. The molecular formula is C21H22BrN5S2. The van der Waals surface area contributed by atoms with Crippen molar-refractivity contribution in [2.24, 2.45) is 0 Å². The summed E-state index contributed by atoms with van der Waals surface area (Å²) >= 11 is 10.8. The van der Waals surface area contributed by atoms with Crippen LogP contribution in [0.4, 0.5) is 11.5 Å². The van der Waals surface area contributed by atoms with Crippen LogP contribution in [0.5, 0.6) is 0 Å². The van der Waals surface area contributed by atoms with Gasteiger partial charge in [0.25, 0.3) is 0 Å². The molecule has 29 heavy (non-hydrogen) atoms.